The Morgan fingerprint density at radius 2 is 2.00 bits per heavy atom. The predicted octanol–water partition coefficient (Wildman–Crippen LogP) is 4.44. The summed E-state index contributed by atoms with van der Waals surface area (Å²) in [5.41, 5.74) is 2.07. The van der Waals surface area contributed by atoms with Crippen molar-refractivity contribution in [3.63, 3.8) is 0 Å². The molecule has 0 aliphatic carbocycles. The van der Waals surface area contributed by atoms with Crippen molar-refractivity contribution >= 4 is 23.2 Å². The van der Waals surface area contributed by atoms with E-state index in [-0.39, 0.29) is 11.3 Å². The lowest BCUT2D eigenvalue weighted by molar-refractivity contribution is 0.0661. The van der Waals surface area contributed by atoms with Gasteiger partial charge in [0, 0.05) is 30.1 Å². The molecule has 0 radical (unpaired) electrons. The quantitative estimate of drug-likeness (QED) is 0.879. The van der Waals surface area contributed by atoms with Crippen LogP contribution in [0.4, 0.5) is 5.69 Å². The molecule has 2 heterocycles. The zero-order chi connectivity index (χ0) is 18.0. The lowest BCUT2D eigenvalue weighted by atomic mass is 9.86. The fourth-order valence-corrected chi connectivity index (χ4v) is 3.24. The maximum atomic E-state index is 12.6. The van der Waals surface area contributed by atoms with E-state index in [0.29, 0.717) is 16.8 Å². The highest BCUT2D eigenvalue weighted by molar-refractivity contribution is 6.31. The third-order valence-electron chi connectivity index (χ3n) is 4.44. The molecule has 0 spiro atoms. The molecular weight excluding hydrogens is 338 g/mol. The van der Waals surface area contributed by atoms with E-state index in [2.05, 4.69) is 31.2 Å². The van der Waals surface area contributed by atoms with Gasteiger partial charge in [0.2, 0.25) is 0 Å². The molecule has 1 amide bonds. The number of carbonyl (C=O) groups excluding carboxylic acids is 1. The zero-order valence-corrected chi connectivity index (χ0v) is 15.6. The van der Waals surface area contributed by atoms with Crippen LogP contribution in [0.3, 0.4) is 0 Å². The Kier molecular flexibility index (Phi) is 5.16. The molecule has 0 atom stereocenters. The molecule has 1 aliphatic heterocycles. The van der Waals surface area contributed by atoms with Crippen LogP contribution in [-0.4, -0.2) is 28.9 Å². The molecule has 1 N–H and O–H groups in total. The van der Waals surface area contributed by atoms with Crippen LogP contribution >= 0.6 is 11.6 Å². The minimum Gasteiger partial charge on any atom is -0.381 e. The number of amides is 1. The van der Waals surface area contributed by atoms with Gasteiger partial charge in [-0.1, -0.05) is 38.4 Å². The fourth-order valence-electron chi connectivity index (χ4n) is 3.07. The Bertz CT molecular complexity index is 758. The molecule has 0 bridgehead atoms. The minimum atomic E-state index is -0.224. The lowest BCUT2D eigenvalue weighted by Gasteiger charge is -2.23. The maximum Gasteiger partial charge on any atom is 0.276 e. The highest BCUT2D eigenvalue weighted by atomic mass is 35.5. The van der Waals surface area contributed by atoms with E-state index < -0.39 is 0 Å². The number of aromatic nitrogens is 2. The second-order valence-corrected chi connectivity index (χ2v) is 7.86. The number of halogens is 1. The van der Waals surface area contributed by atoms with Gasteiger partial charge in [-0.3, -0.25) is 9.48 Å². The van der Waals surface area contributed by atoms with Gasteiger partial charge in [-0.25, -0.2) is 0 Å². The van der Waals surface area contributed by atoms with Crippen molar-refractivity contribution in [2.45, 2.75) is 45.1 Å². The number of hydrogen-bond acceptors (Lipinski definition) is 3. The van der Waals surface area contributed by atoms with Gasteiger partial charge in [-0.15, -0.1) is 0 Å². The van der Waals surface area contributed by atoms with Gasteiger partial charge >= 0.3 is 0 Å². The number of nitrogens with zero attached hydrogens (tertiary/aromatic N) is 2. The Morgan fingerprint density at radius 3 is 2.68 bits per heavy atom. The average Bonchev–Trinajstić information content (AvgIpc) is 3.04. The topological polar surface area (TPSA) is 56.2 Å². The Morgan fingerprint density at radius 1 is 1.28 bits per heavy atom. The van der Waals surface area contributed by atoms with Crippen LogP contribution in [0.1, 0.15) is 55.7 Å². The number of carbonyl (C=O) groups is 1. The first-order valence-corrected chi connectivity index (χ1v) is 8.96. The predicted molar refractivity (Wildman–Crippen MR) is 99.4 cm³/mol. The number of nitrogens with one attached hydrogen (secondary N) is 1. The van der Waals surface area contributed by atoms with Crippen LogP contribution in [0, 0.1) is 0 Å². The summed E-state index contributed by atoms with van der Waals surface area (Å²) in [6.07, 6.45) is 3.71. The van der Waals surface area contributed by atoms with E-state index in [1.165, 1.54) is 0 Å². The maximum absolute atomic E-state index is 12.6. The van der Waals surface area contributed by atoms with Gasteiger partial charge in [-0.2, -0.15) is 5.10 Å². The molecule has 1 saturated heterocycles. The summed E-state index contributed by atoms with van der Waals surface area (Å²) in [7, 11) is 0. The summed E-state index contributed by atoms with van der Waals surface area (Å²) in [6, 6.07) is 7.64. The molecule has 0 saturated carbocycles. The van der Waals surface area contributed by atoms with Crippen LogP contribution in [0.5, 0.6) is 0 Å². The summed E-state index contributed by atoms with van der Waals surface area (Å²) in [4.78, 5) is 12.6. The van der Waals surface area contributed by atoms with E-state index in [1.54, 1.807) is 12.1 Å². The van der Waals surface area contributed by atoms with Gasteiger partial charge in [-0.05, 0) is 42.0 Å². The first-order chi connectivity index (χ1) is 11.8. The molecule has 6 heteroatoms. The summed E-state index contributed by atoms with van der Waals surface area (Å²) in [6.45, 7) is 7.79. The minimum absolute atomic E-state index is 0.103. The standard InChI is InChI=1S/C19H24ClN3O2/c1-19(2,3)15-5-4-13(20)12-17(15)21-18(24)16-6-9-23(22-16)14-7-10-25-11-8-14/h4-6,9,12,14H,7-8,10-11H2,1-3H3,(H,21,24). The van der Waals surface area contributed by atoms with Crippen molar-refractivity contribution in [3.05, 3.63) is 46.7 Å². The second kappa shape index (κ2) is 7.18. The van der Waals surface area contributed by atoms with Crippen LogP contribution in [-0.2, 0) is 10.2 Å². The van der Waals surface area contributed by atoms with E-state index >= 15 is 0 Å². The van der Waals surface area contributed by atoms with E-state index in [9.17, 15) is 4.79 Å². The number of ether oxygens (including phenoxy) is 1. The number of rotatable bonds is 3. The second-order valence-electron chi connectivity index (χ2n) is 7.42. The molecule has 25 heavy (non-hydrogen) atoms. The van der Waals surface area contributed by atoms with Crippen LogP contribution in [0.25, 0.3) is 0 Å². The van der Waals surface area contributed by atoms with Crippen molar-refractivity contribution in [3.8, 4) is 0 Å². The molecule has 3 rings (SSSR count). The Labute approximate surface area is 153 Å². The summed E-state index contributed by atoms with van der Waals surface area (Å²) < 4.78 is 7.25. The third kappa shape index (κ3) is 4.22. The van der Waals surface area contributed by atoms with Gasteiger partial charge in [0.05, 0.1) is 6.04 Å². The highest BCUT2D eigenvalue weighted by Crippen LogP contribution is 2.32. The average molecular weight is 362 g/mol. The Balaban J connectivity index is 1.79. The first-order valence-electron chi connectivity index (χ1n) is 8.59. The molecular formula is C19H24ClN3O2. The van der Waals surface area contributed by atoms with Crippen molar-refractivity contribution < 1.29 is 9.53 Å². The summed E-state index contributed by atoms with van der Waals surface area (Å²) in [5, 5.41) is 8.02. The molecule has 1 aromatic heterocycles. The van der Waals surface area contributed by atoms with E-state index in [1.807, 2.05) is 23.0 Å². The number of hydrogen-bond donors (Lipinski definition) is 1. The van der Waals surface area contributed by atoms with E-state index in [4.69, 9.17) is 16.3 Å². The summed E-state index contributed by atoms with van der Waals surface area (Å²) >= 11 is 6.12. The number of anilines is 1. The molecule has 5 nitrogen and oxygen atoms in total. The molecule has 1 fully saturated rings. The van der Waals surface area contributed by atoms with E-state index in [0.717, 1.165) is 37.3 Å². The van der Waals surface area contributed by atoms with Crippen LogP contribution in [0.15, 0.2) is 30.5 Å². The smallest absolute Gasteiger partial charge is 0.276 e. The number of benzene rings is 1. The summed E-state index contributed by atoms with van der Waals surface area (Å²) in [5.74, 6) is -0.224. The van der Waals surface area contributed by atoms with Gasteiger partial charge in [0.15, 0.2) is 5.69 Å². The van der Waals surface area contributed by atoms with Gasteiger partial charge in [0.1, 0.15) is 0 Å². The molecule has 0 unspecified atom stereocenters. The monoisotopic (exact) mass is 361 g/mol. The van der Waals surface area contributed by atoms with Gasteiger partial charge in [0.25, 0.3) is 5.91 Å². The van der Waals surface area contributed by atoms with Crippen LogP contribution in [0.2, 0.25) is 5.02 Å². The van der Waals surface area contributed by atoms with Crippen molar-refractivity contribution in [2.24, 2.45) is 0 Å². The molecule has 134 valence electrons. The zero-order valence-electron chi connectivity index (χ0n) is 14.9. The first kappa shape index (κ1) is 18.0. The normalized spacial score (nSPS) is 16.0. The van der Waals surface area contributed by atoms with Crippen LogP contribution < -0.4 is 5.32 Å². The lowest BCUT2D eigenvalue weighted by Crippen LogP contribution is -2.21. The fraction of sp³-hybridized carbons (Fsp3) is 0.474. The van der Waals surface area contributed by atoms with Gasteiger partial charge < -0.3 is 10.1 Å². The van der Waals surface area contributed by atoms with Crippen molar-refractivity contribution in [2.75, 3.05) is 18.5 Å². The third-order valence-corrected chi connectivity index (χ3v) is 4.68. The van der Waals surface area contributed by atoms with Crippen molar-refractivity contribution in [1.29, 1.82) is 0 Å². The molecule has 2 aromatic rings. The van der Waals surface area contributed by atoms with Crippen molar-refractivity contribution in [1.82, 2.24) is 9.78 Å². The SMILES string of the molecule is CC(C)(C)c1ccc(Cl)cc1NC(=O)c1ccn(C2CCOCC2)n1. The molecule has 1 aromatic carbocycles. The molecule has 1 aliphatic rings. The highest BCUT2D eigenvalue weighted by Gasteiger charge is 2.22. The Hall–Kier alpha value is -1.85. The largest absolute Gasteiger partial charge is 0.381 e.